The molecule has 0 saturated heterocycles. The number of hydrogen-bond donors (Lipinski definition) is 0. The molecule has 0 unspecified atom stereocenters. The summed E-state index contributed by atoms with van der Waals surface area (Å²) in [5, 5.41) is 0. The molecule has 0 atom stereocenters. The molecule has 1 rings (SSSR count). The first-order valence-corrected chi connectivity index (χ1v) is 5.13. The van der Waals surface area contributed by atoms with Crippen molar-refractivity contribution in [3.05, 3.63) is 35.4 Å². The van der Waals surface area contributed by atoms with Crippen molar-refractivity contribution >= 4 is 0 Å². The summed E-state index contributed by atoms with van der Waals surface area (Å²) >= 11 is 0. The van der Waals surface area contributed by atoms with Gasteiger partial charge in [0, 0.05) is 5.56 Å². The fourth-order valence-corrected chi connectivity index (χ4v) is 1.10. The first-order chi connectivity index (χ1) is 7.10. The van der Waals surface area contributed by atoms with Crippen molar-refractivity contribution in [2.24, 2.45) is 0 Å². The molecule has 0 aliphatic rings. The van der Waals surface area contributed by atoms with Crippen molar-refractivity contribution < 1.29 is 13.2 Å². The van der Waals surface area contributed by atoms with Crippen LogP contribution in [0, 0.1) is 0 Å². The van der Waals surface area contributed by atoms with Gasteiger partial charge in [-0.05, 0) is 18.1 Å². The quantitative estimate of drug-likeness (QED) is 0.708. The van der Waals surface area contributed by atoms with Crippen molar-refractivity contribution in [3.63, 3.8) is 0 Å². The van der Waals surface area contributed by atoms with E-state index < -0.39 is 12.6 Å². The van der Waals surface area contributed by atoms with Gasteiger partial charge in [-0.25, -0.2) is 4.39 Å². The smallest absolute Gasteiger partial charge is 0.244 e. The number of halogens is 3. The molecular weight excluding hydrogens is 201 g/mol. The Morgan fingerprint density at radius 1 is 1.20 bits per heavy atom. The lowest BCUT2D eigenvalue weighted by Crippen LogP contribution is -2.15. The van der Waals surface area contributed by atoms with E-state index in [1.165, 1.54) is 18.2 Å². The maximum atomic E-state index is 12.8. The molecule has 0 saturated carbocycles. The van der Waals surface area contributed by atoms with Crippen LogP contribution in [-0.4, -0.2) is 6.67 Å². The molecule has 86 valence electrons. The van der Waals surface area contributed by atoms with Crippen LogP contribution in [0.4, 0.5) is 13.2 Å². The molecule has 0 heterocycles. The van der Waals surface area contributed by atoms with Gasteiger partial charge in [-0.1, -0.05) is 39.0 Å². The summed E-state index contributed by atoms with van der Waals surface area (Å²) in [6, 6.07) is 5.87. The maximum absolute atomic E-state index is 12.8. The third-order valence-corrected chi connectivity index (χ3v) is 1.93. The van der Waals surface area contributed by atoms with Gasteiger partial charge in [0.05, 0.1) is 0 Å². The Morgan fingerprint density at radius 3 is 2.27 bits per heavy atom. The van der Waals surface area contributed by atoms with Crippen LogP contribution >= 0.6 is 0 Å². The molecule has 3 heteroatoms. The average molecular weight is 218 g/mol. The summed E-state index contributed by atoms with van der Waals surface area (Å²) in [4.78, 5) is 0. The Kier molecular flexibility index (Phi) is 6.06. The number of hydrogen-bond acceptors (Lipinski definition) is 0. The molecule has 0 aliphatic carbocycles. The zero-order valence-electron chi connectivity index (χ0n) is 9.36. The highest BCUT2D eigenvalue weighted by Crippen LogP contribution is 2.28. The molecule has 0 aliphatic heterocycles. The second kappa shape index (κ2) is 6.49. The van der Waals surface area contributed by atoms with Crippen molar-refractivity contribution in [1.82, 2.24) is 0 Å². The lowest BCUT2D eigenvalue weighted by atomic mass is 10.0. The third-order valence-electron chi connectivity index (χ3n) is 1.93. The van der Waals surface area contributed by atoms with Gasteiger partial charge in [0.1, 0.15) is 0 Å². The van der Waals surface area contributed by atoms with Crippen molar-refractivity contribution in [1.29, 1.82) is 0 Å². The summed E-state index contributed by atoms with van der Waals surface area (Å²) in [5.74, 6) is -3.34. The summed E-state index contributed by atoms with van der Waals surface area (Å²) < 4.78 is 37.6. The van der Waals surface area contributed by atoms with Crippen LogP contribution in [0.15, 0.2) is 24.3 Å². The van der Waals surface area contributed by atoms with Crippen LogP contribution in [-0.2, 0) is 12.3 Å². The fourth-order valence-electron chi connectivity index (χ4n) is 1.10. The molecule has 0 spiro atoms. The number of alkyl halides is 3. The Bertz CT molecular complexity index is 282. The molecule has 0 aromatic heterocycles. The first kappa shape index (κ1) is 14.0. The highest BCUT2D eigenvalue weighted by molar-refractivity contribution is 5.26. The van der Waals surface area contributed by atoms with Crippen molar-refractivity contribution in [2.75, 3.05) is 6.67 Å². The number of rotatable bonds is 3. The lowest BCUT2D eigenvalue weighted by Gasteiger charge is -2.12. The minimum absolute atomic E-state index is 0.241. The van der Waals surface area contributed by atoms with Gasteiger partial charge < -0.3 is 0 Å². The Hall–Kier alpha value is -0.990. The van der Waals surface area contributed by atoms with E-state index in [1.54, 1.807) is 6.07 Å². The zero-order chi connectivity index (χ0) is 11.9. The predicted molar refractivity (Wildman–Crippen MR) is 57.0 cm³/mol. The topological polar surface area (TPSA) is 0 Å². The van der Waals surface area contributed by atoms with E-state index in [-0.39, 0.29) is 5.56 Å². The largest absolute Gasteiger partial charge is 0.301 e. The molecule has 1 aromatic carbocycles. The molecule has 0 nitrogen and oxygen atoms in total. The van der Waals surface area contributed by atoms with Gasteiger partial charge in [0.2, 0.25) is 0 Å². The first-order valence-electron chi connectivity index (χ1n) is 5.13. The number of aryl methyl sites for hydroxylation is 1. The van der Waals surface area contributed by atoms with Gasteiger partial charge in [0.25, 0.3) is 0 Å². The second-order valence-electron chi connectivity index (χ2n) is 2.89. The highest BCUT2D eigenvalue weighted by Gasteiger charge is 2.31. The minimum Gasteiger partial charge on any atom is -0.244 e. The van der Waals surface area contributed by atoms with E-state index in [4.69, 9.17) is 0 Å². The van der Waals surface area contributed by atoms with E-state index in [2.05, 4.69) is 0 Å². The van der Waals surface area contributed by atoms with Crippen LogP contribution in [0.1, 0.15) is 31.9 Å². The summed E-state index contributed by atoms with van der Waals surface area (Å²) in [7, 11) is 0. The van der Waals surface area contributed by atoms with E-state index in [0.29, 0.717) is 6.42 Å². The van der Waals surface area contributed by atoms with Crippen molar-refractivity contribution in [3.8, 4) is 0 Å². The summed E-state index contributed by atoms with van der Waals surface area (Å²) in [6.45, 7) is 4.23. The van der Waals surface area contributed by atoms with Gasteiger partial charge in [-0.2, -0.15) is 8.78 Å². The molecule has 1 aromatic rings. The fraction of sp³-hybridized carbons (Fsp3) is 0.500. The normalized spacial score (nSPS) is 10.5. The van der Waals surface area contributed by atoms with E-state index >= 15 is 0 Å². The van der Waals surface area contributed by atoms with Crippen LogP contribution in [0.25, 0.3) is 0 Å². The Labute approximate surface area is 89.1 Å². The van der Waals surface area contributed by atoms with Crippen LogP contribution in [0.2, 0.25) is 0 Å². The average Bonchev–Trinajstić information content (AvgIpc) is 2.32. The second-order valence-corrected chi connectivity index (χ2v) is 2.89. The maximum Gasteiger partial charge on any atom is 0.301 e. The Morgan fingerprint density at radius 2 is 1.80 bits per heavy atom. The molecule has 0 N–H and O–H groups in total. The van der Waals surface area contributed by atoms with Gasteiger partial charge in [-0.15, -0.1) is 0 Å². The minimum atomic E-state index is -3.34. The molecule has 0 bridgehead atoms. The third kappa shape index (κ3) is 3.94. The molecule has 15 heavy (non-hydrogen) atoms. The molecular formula is C12H17F3. The molecule has 0 radical (unpaired) electrons. The zero-order valence-corrected chi connectivity index (χ0v) is 9.36. The van der Waals surface area contributed by atoms with Gasteiger partial charge in [-0.3, -0.25) is 0 Å². The van der Waals surface area contributed by atoms with Crippen LogP contribution < -0.4 is 0 Å². The number of benzene rings is 1. The van der Waals surface area contributed by atoms with Gasteiger partial charge >= 0.3 is 5.92 Å². The van der Waals surface area contributed by atoms with E-state index in [9.17, 15) is 13.2 Å². The predicted octanol–water partition coefficient (Wildman–Crippen LogP) is 4.34. The monoisotopic (exact) mass is 218 g/mol. The van der Waals surface area contributed by atoms with Crippen molar-refractivity contribution in [2.45, 2.75) is 33.1 Å². The van der Waals surface area contributed by atoms with E-state index in [1.807, 2.05) is 20.8 Å². The summed E-state index contributed by atoms with van der Waals surface area (Å²) in [6.07, 6.45) is 0.677. The SMILES string of the molecule is CC.CCc1cccc(C(F)(F)CF)c1. The Balaban J connectivity index is 0.000000921. The van der Waals surface area contributed by atoms with Gasteiger partial charge in [0.15, 0.2) is 6.67 Å². The molecule has 0 fully saturated rings. The lowest BCUT2D eigenvalue weighted by molar-refractivity contribution is -0.0281. The standard InChI is InChI=1S/C10H11F3.C2H6/c1-2-8-4-3-5-9(6-8)10(12,13)7-11;1-2/h3-6H,2,7H2,1H3;1-2H3. The summed E-state index contributed by atoms with van der Waals surface area (Å²) in [5.41, 5.74) is 0.556. The van der Waals surface area contributed by atoms with Crippen LogP contribution in [0.5, 0.6) is 0 Å². The van der Waals surface area contributed by atoms with E-state index in [0.717, 1.165) is 5.56 Å². The van der Waals surface area contributed by atoms with Crippen LogP contribution in [0.3, 0.4) is 0 Å². The highest BCUT2D eigenvalue weighted by atomic mass is 19.3. The molecule has 0 amide bonds.